The zero-order valence-corrected chi connectivity index (χ0v) is 31.2. The molecule has 2 heterocycles. The minimum absolute atomic E-state index is 0.328. The summed E-state index contributed by atoms with van der Waals surface area (Å²) in [6.45, 7) is 0. The lowest BCUT2D eigenvalue weighted by Crippen LogP contribution is -2.33. The van der Waals surface area contributed by atoms with Crippen molar-refractivity contribution in [3.05, 3.63) is 217 Å². The zero-order valence-electron chi connectivity index (χ0n) is 30.4. The first-order valence-electron chi connectivity index (χ1n) is 18.8. The maximum absolute atomic E-state index is 5.13. The van der Waals surface area contributed by atoms with Crippen LogP contribution in [0.25, 0.3) is 53.6 Å². The van der Waals surface area contributed by atoms with Crippen molar-refractivity contribution in [1.82, 2.24) is 5.32 Å². The smallest absolute Gasteiger partial charge is 0.159 e. The Hall–Kier alpha value is -7.08. The minimum Gasteiger partial charge on any atom is -0.355 e. The third-order valence-corrected chi connectivity index (χ3v) is 11.5. The first-order chi connectivity index (χ1) is 27.7. The molecule has 0 bridgehead atoms. The number of rotatable bonds is 8. The fourth-order valence-electron chi connectivity index (χ4n) is 7.55. The Morgan fingerprint density at radius 2 is 1.11 bits per heavy atom. The highest BCUT2D eigenvalue weighted by Gasteiger charge is 2.22. The van der Waals surface area contributed by atoms with Crippen LogP contribution in [0.2, 0.25) is 0 Å². The van der Waals surface area contributed by atoms with Gasteiger partial charge in [-0.15, -0.1) is 11.3 Å². The van der Waals surface area contributed by atoms with E-state index in [1.165, 1.54) is 42.4 Å². The first kappa shape index (κ1) is 33.5. The zero-order chi connectivity index (χ0) is 37.3. The van der Waals surface area contributed by atoms with Crippen LogP contribution in [0.5, 0.6) is 0 Å². The quantitative estimate of drug-likeness (QED) is 0.163. The predicted molar refractivity (Wildman–Crippen MR) is 237 cm³/mol. The number of aliphatic imine (C=N–C) groups is 2. The van der Waals surface area contributed by atoms with Crippen LogP contribution in [0, 0.1) is 0 Å². The van der Waals surface area contributed by atoms with E-state index in [2.05, 4.69) is 174 Å². The van der Waals surface area contributed by atoms with E-state index in [1.54, 1.807) is 0 Å². The van der Waals surface area contributed by atoms with Crippen LogP contribution in [-0.4, -0.2) is 11.7 Å². The third-order valence-electron chi connectivity index (χ3n) is 10.3. The largest absolute Gasteiger partial charge is 0.355 e. The lowest BCUT2D eigenvalue weighted by Gasteiger charge is -2.24. The maximum Gasteiger partial charge on any atom is 0.159 e. The standard InChI is InChI=1S/C51H36N4S/c1-4-15-34(16-5-1)37-21-12-22-38(31-37)45-33-39(42-26-14-27-44-43-25-10-11-28-47(43)56-48(42)44)29-30-46(45)52-41-24-13-23-40(32-41)51-54-49(35-17-6-2-7-18-35)53-50(55-51)36-19-8-3-9-20-36/h1-33,51-52H,(H,53,54,55). The number of anilines is 2. The fourth-order valence-corrected chi connectivity index (χ4v) is 8.79. The molecular weight excluding hydrogens is 701 g/mol. The van der Waals surface area contributed by atoms with Gasteiger partial charge in [-0.2, -0.15) is 0 Å². The Morgan fingerprint density at radius 3 is 1.93 bits per heavy atom. The Kier molecular flexibility index (Phi) is 8.75. The van der Waals surface area contributed by atoms with E-state index in [4.69, 9.17) is 9.98 Å². The van der Waals surface area contributed by atoms with E-state index in [9.17, 15) is 0 Å². The van der Waals surface area contributed by atoms with Crippen molar-refractivity contribution in [1.29, 1.82) is 0 Å². The highest BCUT2D eigenvalue weighted by atomic mass is 32.1. The third kappa shape index (κ3) is 6.55. The van der Waals surface area contributed by atoms with Crippen LogP contribution in [0.1, 0.15) is 22.9 Å². The highest BCUT2D eigenvalue weighted by molar-refractivity contribution is 7.26. The van der Waals surface area contributed by atoms with Gasteiger partial charge in [0.2, 0.25) is 0 Å². The Balaban J connectivity index is 1.05. The molecule has 0 saturated carbocycles. The molecule has 0 radical (unpaired) electrons. The number of nitrogens with one attached hydrogen (secondary N) is 2. The molecule has 1 atom stereocenters. The van der Waals surface area contributed by atoms with E-state index in [0.717, 1.165) is 45.0 Å². The normalized spacial score (nSPS) is 13.9. The molecule has 2 N–H and O–H groups in total. The Bertz CT molecular complexity index is 2910. The van der Waals surface area contributed by atoms with Gasteiger partial charge in [-0.25, -0.2) is 9.98 Å². The highest BCUT2D eigenvalue weighted by Crippen LogP contribution is 2.42. The molecule has 10 rings (SSSR count). The molecule has 5 heteroatoms. The molecular formula is C51H36N4S. The second kappa shape index (κ2) is 14.6. The molecule has 56 heavy (non-hydrogen) atoms. The van der Waals surface area contributed by atoms with Gasteiger partial charge < -0.3 is 10.6 Å². The van der Waals surface area contributed by atoms with Crippen LogP contribution in [0.3, 0.4) is 0 Å². The van der Waals surface area contributed by atoms with Crippen LogP contribution >= 0.6 is 11.3 Å². The van der Waals surface area contributed by atoms with Gasteiger partial charge in [0.25, 0.3) is 0 Å². The summed E-state index contributed by atoms with van der Waals surface area (Å²) in [5, 5.41) is 10.1. The van der Waals surface area contributed by atoms with Crippen LogP contribution < -0.4 is 10.6 Å². The van der Waals surface area contributed by atoms with Crippen LogP contribution in [-0.2, 0) is 0 Å². The van der Waals surface area contributed by atoms with E-state index >= 15 is 0 Å². The number of amidine groups is 2. The van der Waals surface area contributed by atoms with Crippen molar-refractivity contribution in [2.45, 2.75) is 6.17 Å². The number of benzene rings is 8. The van der Waals surface area contributed by atoms with Crippen molar-refractivity contribution in [2.75, 3.05) is 5.32 Å². The summed E-state index contributed by atoms with van der Waals surface area (Å²) >= 11 is 1.86. The second-order valence-corrected chi connectivity index (χ2v) is 15.0. The van der Waals surface area contributed by atoms with E-state index < -0.39 is 0 Å². The number of fused-ring (bicyclic) bond motifs is 3. The summed E-state index contributed by atoms with van der Waals surface area (Å²) in [5.74, 6) is 1.50. The van der Waals surface area contributed by atoms with E-state index in [1.807, 2.05) is 47.7 Å². The molecule has 0 aliphatic carbocycles. The molecule has 0 fully saturated rings. The van der Waals surface area contributed by atoms with E-state index in [0.29, 0.717) is 5.84 Å². The van der Waals surface area contributed by atoms with Gasteiger partial charge in [0.15, 0.2) is 5.84 Å². The molecule has 266 valence electrons. The number of nitrogens with zero attached hydrogens (tertiary/aromatic N) is 2. The average molecular weight is 737 g/mol. The molecule has 1 unspecified atom stereocenters. The van der Waals surface area contributed by atoms with Crippen LogP contribution in [0.4, 0.5) is 11.4 Å². The summed E-state index contributed by atoms with van der Waals surface area (Å²) in [4.78, 5) is 10.1. The van der Waals surface area contributed by atoms with Crippen molar-refractivity contribution in [3.63, 3.8) is 0 Å². The maximum atomic E-state index is 5.13. The summed E-state index contributed by atoms with van der Waals surface area (Å²) in [7, 11) is 0. The topological polar surface area (TPSA) is 48.8 Å². The SMILES string of the molecule is c1ccc(C2=NC(c3cccc(Nc4ccc(-c5cccc6c5sc5ccccc56)cc4-c4cccc(-c5ccccc5)c4)c3)NC(c3ccccc3)=N2)cc1. The molecule has 0 spiro atoms. The lowest BCUT2D eigenvalue weighted by atomic mass is 9.94. The van der Waals surface area contributed by atoms with E-state index in [-0.39, 0.29) is 6.17 Å². The van der Waals surface area contributed by atoms with Gasteiger partial charge in [0.05, 0.1) is 0 Å². The van der Waals surface area contributed by atoms with Crippen molar-refractivity contribution in [2.24, 2.45) is 9.98 Å². The number of hydrogen-bond acceptors (Lipinski definition) is 5. The predicted octanol–water partition coefficient (Wildman–Crippen LogP) is 13.3. The summed E-state index contributed by atoms with van der Waals surface area (Å²) in [6, 6.07) is 70.6. The molecule has 1 aliphatic heterocycles. The fraction of sp³-hybridized carbons (Fsp3) is 0.0196. The van der Waals surface area contributed by atoms with Crippen molar-refractivity contribution >= 4 is 54.6 Å². The monoisotopic (exact) mass is 736 g/mol. The van der Waals surface area contributed by atoms with Crippen LogP contribution in [0.15, 0.2) is 210 Å². The molecule has 8 aromatic carbocycles. The summed E-state index contributed by atoms with van der Waals surface area (Å²) in [5.41, 5.74) is 12.1. The number of thiophene rings is 1. The number of hydrogen-bond donors (Lipinski definition) is 2. The summed E-state index contributed by atoms with van der Waals surface area (Å²) in [6.07, 6.45) is -0.328. The van der Waals surface area contributed by atoms with Gasteiger partial charge in [-0.1, -0.05) is 164 Å². The van der Waals surface area contributed by atoms with Crippen molar-refractivity contribution in [3.8, 4) is 33.4 Å². The molecule has 1 aromatic heterocycles. The molecule has 9 aromatic rings. The molecule has 1 aliphatic rings. The molecule has 0 saturated heterocycles. The Morgan fingerprint density at radius 1 is 0.464 bits per heavy atom. The Labute approximate surface area is 330 Å². The molecule has 4 nitrogen and oxygen atoms in total. The first-order valence-corrected chi connectivity index (χ1v) is 19.7. The van der Waals surface area contributed by atoms with Gasteiger partial charge in [0.1, 0.15) is 12.0 Å². The second-order valence-electron chi connectivity index (χ2n) is 13.9. The van der Waals surface area contributed by atoms with Crippen molar-refractivity contribution < 1.29 is 0 Å². The van der Waals surface area contributed by atoms with Gasteiger partial charge in [-0.3, -0.25) is 0 Å². The van der Waals surface area contributed by atoms with Gasteiger partial charge in [0, 0.05) is 48.2 Å². The summed E-state index contributed by atoms with van der Waals surface area (Å²) < 4.78 is 2.61. The molecule has 0 amide bonds. The van der Waals surface area contributed by atoms with Gasteiger partial charge in [-0.05, 0) is 69.8 Å². The minimum atomic E-state index is -0.328. The average Bonchev–Trinajstić information content (AvgIpc) is 3.67. The van der Waals surface area contributed by atoms with Gasteiger partial charge >= 0.3 is 0 Å². The lowest BCUT2D eigenvalue weighted by molar-refractivity contribution is 0.674.